The molecule has 0 aliphatic carbocycles. The van der Waals surface area contributed by atoms with E-state index in [1.165, 1.54) is 20.2 Å². The average molecular weight is 247 g/mol. The zero-order chi connectivity index (χ0) is 13.4. The van der Waals surface area contributed by atoms with Crippen LogP contribution in [0.5, 0.6) is 11.5 Å². The van der Waals surface area contributed by atoms with E-state index in [1.807, 2.05) is 6.07 Å². The van der Waals surface area contributed by atoms with E-state index in [0.29, 0.717) is 11.5 Å². The molecule has 6 nitrogen and oxygen atoms in total. The normalized spacial score (nSPS) is 9.83. The maximum atomic E-state index is 10.6. The van der Waals surface area contributed by atoms with Crippen LogP contribution in [0.3, 0.4) is 0 Å². The molecule has 0 bridgehead atoms. The van der Waals surface area contributed by atoms with Crippen LogP contribution in [-0.2, 0) is 4.79 Å². The van der Waals surface area contributed by atoms with Gasteiger partial charge in [0.05, 0.1) is 13.3 Å². The Morgan fingerprint density at radius 1 is 1.56 bits per heavy atom. The second-order valence-corrected chi connectivity index (χ2v) is 3.28. The van der Waals surface area contributed by atoms with Gasteiger partial charge in [-0.1, -0.05) is 0 Å². The Bertz CT molecular complexity index is 492. The number of nitrogens with one attached hydrogen (secondary N) is 1. The molecule has 6 heteroatoms. The van der Waals surface area contributed by atoms with E-state index in [-0.39, 0.29) is 12.5 Å². The lowest BCUT2D eigenvalue weighted by molar-refractivity contribution is -0.118. The van der Waals surface area contributed by atoms with Crippen molar-refractivity contribution in [2.75, 3.05) is 13.7 Å². The van der Waals surface area contributed by atoms with Crippen molar-refractivity contribution in [1.82, 2.24) is 5.43 Å². The minimum atomic E-state index is -0.243. The van der Waals surface area contributed by atoms with Crippen LogP contribution in [0.15, 0.2) is 23.3 Å². The number of hydrogen-bond acceptors (Lipinski definition) is 5. The molecule has 0 heterocycles. The number of carbonyl (C=O) groups excluding carboxylic acids is 1. The first-order valence-electron chi connectivity index (χ1n) is 5.14. The van der Waals surface area contributed by atoms with Crippen molar-refractivity contribution in [3.8, 4) is 17.6 Å². The molecule has 0 spiro atoms. The number of amides is 1. The third kappa shape index (κ3) is 4.14. The maximum absolute atomic E-state index is 10.6. The van der Waals surface area contributed by atoms with Gasteiger partial charge in [0.2, 0.25) is 5.91 Å². The Hall–Kier alpha value is -2.55. The van der Waals surface area contributed by atoms with Gasteiger partial charge in [0.1, 0.15) is 6.07 Å². The molecule has 0 unspecified atom stereocenters. The molecule has 18 heavy (non-hydrogen) atoms. The molecule has 1 rings (SSSR count). The number of hydrazone groups is 1. The zero-order valence-electron chi connectivity index (χ0n) is 10.1. The highest BCUT2D eigenvalue weighted by molar-refractivity contribution is 5.82. The Balaban J connectivity index is 2.81. The number of nitriles is 1. The summed E-state index contributed by atoms with van der Waals surface area (Å²) in [5.74, 6) is 0.736. The van der Waals surface area contributed by atoms with E-state index < -0.39 is 0 Å². The quantitative estimate of drug-likeness (QED) is 0.623. The summed E-state index contributed by atoms with van der Waals surface area (Å²) in [5, 5.41) is 12.2. The fourth-order valence-corrected chi connectivity index (χ4v) is 1.19. The van der Waals surface area contributed by atoms with Crippen LogP contribution in [0.1, 0.15) is 12.5 Å². The highest BCUT2D eigenvalue weighted by Crippen LogP contribution is 2.27. The number of ether oxygens (including phenoxy) is 2. The molecule has 0 fully saturated rings. The lowest BCUT2D eigenvalue weighted by Crippen LogP contribution is -2.12. The Kier molecular flexibility index (Phi) is 5.19. The van der Waals surface area contributed by atoms with Crippen LogP contribution in [0.4, 0.5) is 0 Å². The molecule has 0 radical (unpaired) electrons. The molecular weight excluding hydrogens is 234 g/mol. The first kappa shape index (κ1) is 13.5. The number of nitrogens with zero attached hydrogens (tertiary/aromatic N) is 2. The second kappa shape index (κ2) is 6.91. The molecule has 0 saturated heterocycles. The zero-order valence-corrected chi connectivity index (χ0v) is 10.1. The van der Waals surface area contributed by atoms with Crippen LogP contribution in [0, 0.1) is 11.3 Å². The number of hydrogen-bond donors (Lipinski definition) is 1. The summed E-state index contributed by atoms with van der Waals surface area (Å²) >= 11 is 0. The van der Waals surface area contributed by atoms with Crippen molar-refractivity contribution >= 4 is 12.1 Å². The summed E-state index contributed by atoms with van der Waals surface area (Å²) in [5.41, 5.74) is 3.04. The van der Waals surface area contributed by atoms with E-state index in [9.17, 15) is 4.79 Å². The topological polar surface area (TPSA) is 83.7 Å². The number of methoxy groups -OCH3 is 1. The molecular formula is C12H13N3O3. The van der Waals surface area contributed by atoms with Crippen LogP contribution in [0.2, 0.25) is 0 Å². The van der Waals surface area contributed by atoms with Gasteiger partial charge < -0.3 is 9.47 Å². The Labute approximate surface area is 105 Å². The predicted octanol–water partition coefficient (Wildman–Crippen LogP) is 1.07. The highest BCUT2D eigenvalue weighted by atomic mass is 16.5. The summed E-state index contributed by atoms with van der Waals surface area (Å²) < 4.78 is 10.3. The number of rotatable bonds is 5. The third-order valence-corrected chi connectivity index (χ3v) is 1.92. The van der Waals surface area contributed by atoms with Crippen LogP contribution < -0.4 is 14.9 Å². The van der Waals surface area contributed by atoms with Gasteiger partial charge in [0.15, 0.2) is 18.1 Å². The van der Waals surface area contributed by atoms with Crippen molar-refractivity contribution in [3.05, 3.63) is 23.8 Å². The monoisotopic (exact) mass is 247 g/mol. The highest BCUT2D eigenvalue weighted by Gasteiger charge is 2.04. The van der Waals surface area contributed by atoms with E-state index in [2.05, 4.69) is 10.5 Å². The molecule has 94 valence electrons. The fraction of sp³-hybridized carbons (Fsp3) is 0.250. The van der Waals surface area contributed by atoms with E-state index in [0.717, 1.165) is 5.56 Å². The number of benzene rings is 1. The minimum absolute atomic E-state index is 0.0459. The third-order valence-electron chi connectivity index (χ3n) is 1.92. The fourth-order valence-electron chi connectivity index (χ4n) is 1.19. The maximum Gasteiger partial charge on any atom is 0.236 e. The van der Waals surface area contributed by atoms with Gasteiger partial charge in [-0.25, -0.2) is 5.43 Å². The van der Waals surface area contributed by atoms with Gasteiger partial charge in [0.25, 0.3) is 0 Å². The first-order chi connectivity index (χ1) is 8.67. The van der Waals surface area contributed by atoms with Gasteiger partial charge in [-0.3, -0.25) is 4.79 Å². The molecule has 1 N–H and O–H groups in total. The molecule has 1 aromatic carbocycles. The molecule has 0 aliphatic heterocycles. The van der Waals surface area contributed by atoms with Crippen molar-refractivity contribution in [2.24, 2.45) is 5.10 Å². The SMILES string of the molecule is COc1cc(/C=N\NC(C)=O)ccc1OCC#N. The minimum Gasteiger partial charge on any atom is -0.493 e. The standard InChI is InChI=1S/C12H13N3O3/c1-9(16)15-14-8-10-3-4-11(18-6-5-13)12(7-10)17-2/h3-4,7-8H,6H2,1-2H3,(H,15,16)/b14-8-. The van der Waals surface area contributed by atoms with Gasteiger partial charge in [-0.2, -0.15) is 10.4 Å². The van der Waals surface area contributed by atoms with Crippen molar-refractivity contribution in [3.63, 3.8) is 0 Å². The molecule has 0 atom stereocenters. The first-order valence-corrected chi connectivity index (χ1v) is 5.14. The van der Waals surface area contributed by atoms with Crippen molar-refractivity contribution in [2.45, 2.75) is 6.92 Å². The van der Waals surface area contributed by atoms with E-state index in [4.69, 9.17) is 14.7 Å². The van der Waals surface area contributed by atoms with Crippen molar-refractivity contribution in [1.29, 1.82) is 5.26 Å². The average Bonchev–Trinajstić information content (AvgIpc) is 2.36. The summed E-state index contributed by atoms with van der Waals surface area (Å²) in [6, 6.07) is 6.98. The van der Waals surface area contributed by atoms with Crippen LogP contribution in [0.25, 0.3) is 0 Å². The van der Waals surface area contributed by atoms with E-state index >= 15 is 0 Å². The van der Waals surface area contributed by atoms with Crippen molar-refractivity contribution < 1.29 is 14.3 Å². The molecule has 0 aliphatic rings. The predicted molar refractivity (Wildman–Crippen MR) is 65.5 cm³/mol. The van der Waals surface area contributed by atoms with E-state index in [1.54, 1.807) is 18.2 Å². The largest absolute Gasteiger partial charge is 0.493 e. The van der Waals surface area contributed by atoms with Gasteiger partial charge in [-0.15, -0.1) is 0 Å². The molecule has 0 saturated carbocycles. The Morgan fingerprint density at radius 2 is 2.33 bits per heavy atom. The lowest BCUT2D eigenvalue weighted by atomic mass is 10.2. The summed E-state index contributed by atoms with van der Waals surface area (Å²) in [7, 11) is 1.50. The van der Waals surface area contributed by atoms with Gasteiger partial charge >= 0.3 is 0 Å². The van der Waals surface area contributed by atoms with Crippen LogP contribution in [-0.4, -0.2) is 25.8 Å². The van der Waals surface area contributed by atoms with Gasteiger partial charge in [0, 0.05) is 6.92 Å². The smallest absolute Gasteiger partial charge is 0.236 e. The summed E-state index contributed by atoms with van der Waals surface area (Å²) in [6.07, 6.45) is 1.48. The molecule has 1 amide bonds. The lowest BCUT2D eigenvalue weighted by Gasteiger charge is -2.08. The number of carbonyl (C=O) groups is 1. The summed E-state index contributed by atoms with van der Waals surface area (Å²) in [4.78, 5) is 10.6. The van der Waals surface area contributed by atoms with Crippen LogP contribution >= 0.6 is 0 Å². The second-order valence-electron chi connectivity index (χ2n) is 3.28. The molecule has 0 aromatic heterocycles. The molecule has 1 aromatic rings. The van der Waals surface area contributed by atoms with Gasteiger partial charge in [-0.05, 0) is 23.8 Å². The summed E-state index contributed by atoms with van der Waals surface area (Å²) in [6.45, 7) is 1.33. The Morgan fingerprint density at radius 3 is 2.94 bits per heavy atom.